The predicted molar refractivity (Wildman–Crippen MR) is 64.0 cm³/mol. The Kier molecular flexibility index (Phi) is 7.24. The molecule has 0 amide bonds. The van der Waals surface area contributed by atoms with E-state index in [-0.39, 0.29) is 0 Å². The van der Waals surface area contributed by atoms with Crippen LogP contribution in [0.4, 0.5) is 0 Å². The molecule has 0 aliphatic rings. The van der Waals surface area contributed by atoms with E-state index >= 15 is 0 Å². The van der Waals surface area contributed by atoms with Crippen LogP contribution < -0.4 is 0 Å². The molecule has 0 aliphatic heterocycles. The zero-order valence-corrected chi connectivity index (χ0v) is 10.2. The van der Waals surface area contributed by atoms with Crippen LogP contribution in [0.3, 0.4) is 0 Å². The van der Waals surface area contributed by atoms with Crippen molar-refractivity contribution in [1.82, 2.24) is 0 Å². The highest BCUT2D eigenvalue weighted by Gasteiger charge is 2.20. The Morgan fingerprint density at radius 3 is 1.33 bits per heavy atom. The highest BCUT2D eigenvalue weighted by Crippen LogP contribution is 2.58. The summed E-state index contributed by atoms with van der Waals surface area (Å²) >= 11 is 0. The van der Waals surface area contributed by atoms with Crippen LogP contribution in [0.15, 0.2) is 0 Å². The van der Waals surface area contributed by atoms with Gasteiger partial charge in [0.15, 0.2) is 0 Å². The van der Waals surface area contributed by atoms with Crippen molar-refractivity contribution in [2.24, 2.45) is 0 Å². The quantitative estimate of drug-likeness (QED) is 0.417. The third-order valence-corrected chi connectivity index (χ3v) is 7.66. The lowest BCUT2D eigenvalue weighted by molar-refractivity contribution is 1.01. The van der Waals surface area contributed by atoms with Crippen LogP contribution in [0.2, 0.25) is 6.82 Å². The molecule has 0 atom stereocenters. The van der Waals surface area contributed by atoms with Gasteiger partial charge in [0, 0.05) is 18.5 Å². The van der Waals surface area contributed by atoms with Gasteiger partial charge in [-0.3, -0.25) is 0 Å². The van der Waals surface area contributed by atoms with Gasteiger partial charge < -0.3 is 0 Å². The van der Waals surface area contributed by atoms with Crippen molar-refractivity contribution >= 4 is 14.1 Å². The summed E-state index contributed by atoms with van der Waals surface area (Å²) in [6, 6.07) is 0. The molecule has 0 fully saturated rings. The summed E-state index contributed by atoms with van der Waals surface area (Å²) in [5.41, 5.74) is 0. The molecule has 72 valence electrons. The summed E-state index contributed by atoms with van der Waals surface area (Å²) in [5, 5.41) is 0. The smallest absolute Gasteiger partial charge is 0.0142 e. The zero-order chi connectivity index (χ0) is 9.45. The van der Waals surface area contributed by atoms with Crippen molar-refractivity contribution in [3.63, 3.8) is 0 Å². The van der Waals surface area contributed by atoms with Gasteiger partial charge in [0.25, 0.3) is 0 Å². The molecule has 0 nitrogen and oxygen atoms in total. The van der Waals surface area contributed by atoms with E-state index in [2.05, 4.69) is 34.6 Å². The Morgan fingerprint density at radius 1 is 0.833 bits per heavy atom. The topological polar surface area (TPSA) is 0 Å². The molecule has 0 saturated carbocycles. The van der Waals surface area contributed by atoms with E-state index in [1.165, 1.54) is 37.7 Å². The molecule has 0 saturated heterocycles. The van der Waals surface area contributed by atoms with E-state index in [1.807, 2.05) is 0 Å². The Balaban J connectivity index is 4.06. The first-order chi connectivity index (χ1) is 5.74. The highest BCUT2D eigenvalue weighted by atomic mass is 31.2. The maximum absolute atomic E-state index is 2.56. The summed E-state index contributed by atoms with van der Waals surface area (Å²) in [7, 11) is -0.602. The average molecular weight is 186 g/mol. The van der Waals surface area contributed by atoms with Crippen molar-refractivity contribution in [3.8, 4) is 0 Å². The monoisotopic (exact) mass is 186 g/mol. The lowest BCUT2D eigenvalue weighted by Crippen LogP contribution is -2.11. The van der Waals surface area contributed by atoms with Gasteiger partial charge in [-0.05, 0) is 19.3 Å². The van der Waals surface area contributed by atoms with Crippen molar-refractivity contribution in [3.05, 3.63) is 0 Å². The van der Waals surface area contributed by atoms with E-state index in [9.17, 15) is 0 Å². The normalized spacial score (nSPS) is 12.0. The third-order valence-electron chi connectivity index (χ3n) is 2.55. The molecule has 12 heavy (non-hydrogen) atoms. The lowest BCUT2D eigenvalue weighted by Gasteiger charge is -2.37. The minimum absolute atomic E-state index is 0.602. The molecule has 0 aromatic carbocycles. The Hall–Kier alpha value is 0.495. The van der Waals surface area contributed by atoms with E-state index < -0.39 is 7.14 Å². The SMILES string of the molecule is C[B-][P+](CCC)(CCC)CCC. The third kappa shape index (κ3) is 3.94. The fourth-order valence-electron chi connectivity index (χ4n) is 2.06. The number of rotatable bonds is 7. The highest BCUT2D eigenvalue weighted by molar-refractivity contribution is 8.00. The maximum Gasteiger partial charge on any atom is 0.0142 e. The molecule has 0 rings (SSSR count). The summed E-state index contributed by atoms with van der Waals surface area (Å²) in [6.45, 7) is 11.8. The van der Waals surface area contributed by atoms with Crippen LogP contribution in [-0.2, 0) is 0 Å². The molecule has 0 aromatic rings. The fraction of sp³-hybridized carbons (Fsp3) is 1.00. The number of hydrogen-bond donors (Lipinski definition) is 0. The van der Waals surface area contributed by atoms with Crippen LogP contribution in [0.25, 0.3) is 0 Å². The molecular weight excluding hydrogens is 162 g/mol. The van der Waals surface area contributed by atoms with Crippen LogP contribution in [0, 0.1) is 0 Å². The Bertz CT molecular complexity index is 87.0. The van der Waals surface area contributed by atoms with Crippen molar-refractivity contribution in [2.45, 2.75) is 46.9 Å². The summed E-state index contributed by atoms with van der Waals surface area (Å²) < 4.78 is 0. The van der Waals surface area contributed by atoms with E-state index in [0.717, 1.165) is 0 Å². The standard InChI is InChI=1S/C10H24BP/c1-5-8-12(11-4,9-6-2)10-7-3/h5-10H2,1-4H3. The summed E-state index contributed by atoms with van der Waals surface area (Å²) in [5.74, 6) is 0. The van der Waals surface area contributed by atoms with Gasteiger partial charge in [0.05, 0.1) is 0 Å². The second kappa shape index (κ2) is 6.95. The Morgan fingerprint density at radius 2 is 1.17 bits per heavy atom. The Labute approximate surface area is 80.1 Å². The van der Waals surface area contributed by atoms with Gasteiger partial charge in [-0.1, -0.05) is 27.8 Å². The van der Waals surface area contributed by atoms with Crippen LogP contribution in [0.5, 0.6) is 0 Å². The molecule has 0 aromatic heterocycles. The van der Waals surface area contributed by atoms with E-state index in [4.69, 9.17) is 0 Å². The molecule has 2 heteroatoms. The zero-order valence-electron chi connectivity index (χ0n) is 9.27. The van der Waals surface area contributed by atoms with Crippen molar-refractivity contribution < 1.29 is 0 Å². The largest absolute Gasteiger partial charge is 0.211 e. The van der Waals surface area contributed by atoms with Gasteiger partial charge in [-0.2, -0.15) is 0 Å². The van der Waals surface area contributed by atoms with Crippen molar-refractivity contribution in [2.75, 3.05) is 18.5 Å². The van der Waals surface area contributed by atoms with Gasteiger partial charge in [0.2, 0.25) is 0 Å². The first kappa shape index (κ1) is 12.5. The summed E-state index contributed by atoms with van der Waals surface area (Å²) in [6.07, 6.45) is 8.59. The maximum atomic E-state index is 2.56. The van der Waals surface area contributed by atoms with E-state index in [1.54, 1.807) is 0 Å². The first-order valence-electron chi connectivity index (χ1n) is 5.41. The molecule has 0 unspecified atom stereocenters. The van der Waals surface area contributed by atoms with Crippen molar-refractivity contribution in [1.29, 1.82) is 0 Å². The van der Waals surface area contributed by atoms with Gasteiger partial charge in [-0.25, -0.2) is 14.0 Å². The second-order valence-electron chi connectivity index (χ2n) is 3.65. The van der Waals surface area contributed by atoms with Gasteiger partial charge in [0.1, 0.15) is 0 Å². The van der Waals surface area contributed by atoms with Crippen LogP contribution in [-0.4, -0.2) is 25.5 Å². The molecule has 0 heterocycles. The first-order valence-corrected chi connectivity index (χ1v) is 7.82. The van der Waals surface area contributed by atoms with Crippen LogP contribution in [0.1, 0.15) is 40.0 Å². The van der Waals surface area contributed by atoms with Gasteiger partial charge in [-0.15, -0.1) is 0 Å². The average Bonchev–Trinajstić information content (AvgIpc) is 2.06. The second-order valence-corrected chi connectivity index (χ2v) is 7.94. The van der Waals surface area contributed by atoms with Crippen LogP contribution >= 0.6 is 7.14 Å². The molecule has 2 radical (unpaired) electrons. The predicted octanol–water partition coefficient (Wildman–Crippen LogP) is 3.90. The fourth-order valence-corrected chi connectivity index (χ4v) is 6.18. The molecule has 0 aliphatic carbocycles. The summed E-state index contributed by atoms with van der Waals surface area (Å²) in [4.78, 5) is 0. The van der Waals surface area contributed by atoms with E-state index in [0.29, 0.717) is 0 Å². The minimum atomic E-state index is -0.602. The molecular formula is C10H24BP. The van der Waals surface area contributed by atoms with Gasteiger partial charge >= 0.3 is 0 Å². The molecule has 0 spiro atoms. The minimum Gasteiger partial charge on any atom is -0.211 e. The number of hydrogen-bond acceptors (Lipinski definition) is 0. The molecule has 0 N–H and O–H groups in total. The lowest BCUT2D eigenvalue weighted by atomic mass is 10.2. The molecule has 0 bridgehead atoms.